The summed E-state index contributed by atoms with van der Waals surface area (Å²) in [6.45, 7) is 11.1. The summed E-state index contributed by atoms with van der Waals surface area (Å²) in [5.41, 5.74) is 5.31. The minimum Gasteiger partial charge on any atom is -0.318 e. The molecule has 0 N–H and O–H groups in total. The highest BCUT2D eigenvalue weighted by Crippen LogP contribution is 2.41. The van der Waals surface area contributed by atoms with Gasteiger partial charge in [-0.1, -0.05) is 98.7 Å². The Morgan fingerprint density at radius 3 is 1.94 bits per heavy atom. The molecule has 6 rings (SSSR count). The van der Waals surface area contributed by atoms with E-state index in [9.17, 15) is 14.4 Å². The maximum atomic E-state index is 14.1. The number of fused-ring (bicyclic) bond motifs is 5. The number of oxime groups is 2. The van der Waals surface area contributed by atoms with E-state index >= 15 is 0 Å². The van der Waals surface area contributed by atoms with E-state index < -0.39 is 11.9 Å². The van der Waals surface area contributed by atoms with E-state index in [1.807, 2.05) is 66.7 Å². The van der Waals surface area contributed by atoms with Crippen molar-refractivity contribution in [3.63, 3.8) is 0 Å². The Bertz CT molecular complexity index is 2310. The lowest BCUT2D eigenvalue weighted by Crippen LogP contribution is -2.07. The molecule has 50 heavy (non-hydrogen) atoms. The molecule has 0 saturated heterocycles. The molecule has 2 heterocycles. The number of hydrogen-bond donors (Lipinski definition) is 0. The van der Waals surface area contributed by atoms with E-state index in [0.29, 0.717) is 41.3 Å². The van der Waals surface area contributed by atoms with Crippen molar-refractivity contribution in [2.45, 2.75) is 54.4 Å². The third-order valence-electron chi connectivity index (χ3n) is 8.25. The van der Waals surface area contributed by atoms with Crippen LogP contribution in [0.2, 0.25) is 0 Å². The molecule has 9 heteroatoms. The van der Waals surface area contributed by atoms with Crippen LogP contribution in [0.25, 0.3) is 37.6 Å². The summed E-state index contributed by atoms with van der Waals surface area (Å²) in [7, 11) is 0. The second-order valence-corrected chi connectivity index (χ2v) is 14.3. The zero-order valence-electron chi connectivity index (χ0n) is 29.0. The fourth-order valence-corrected chi connectivity index (χ4v) is 7.24. The number of nitrogens with zero attached hydrogens (tertiary/aromatic N) is 3. The second kappa shape index (κ2) is 14.6. The van der Waals surface area contributed by atoms with Crippen LogP contribution in [0.4, 0.5) is 0 Å². The van der Waals surface area contributed by atoms with Gasteiger partial charge < -0.3 is 9.68 Å². The van der Waals surface area contributed by atoms with Crippen LogP contribution in [-0.2, 0) is 19.3 Å². The Hall–Kier alpha value is -5.41. The van der Waals surface area contributed by atoms with E-state index in [1.54, 1.807) is 11.3 Å². The lowest BCUT2D eigenvalue weighted by atomic mass is 9.94. The highest BCUT2D eigenvalue weighted by Gasteiger charge is 2.23. The van der Waals surface area contributed by atoms with Gasteiger partial charge in [0.05, 0.1) is 27.3 Å². The molecule has 0 aliphatic rings. The first-order chi connectivity index (χ1) is 24.0. The van der Waals surface area contributed by atoms with E-state index in [1.165, 1.54) is 13.8 Å². The fraction of sp³-hybridized carbons (Fsp3) is 0.244. The Morgan fingerprint density at radius 2 is 1.28 bits per heavy atom. The maximum Gasteiger partial charge on any atom is 0.331 e. The molecule has 2 aromatic heterocycles. The molecule has 0 fully saturated rings. The van der Waals surface area contributed by atoms with Crippen molar-refractivity contribution in [1.29, 1.82) is 0 Å². The molecule has 0 bridgehead atoms. The van der Waals surface area contributed by atoms with Crippen LogP contribution >= 0.6 is 11.3 Å². The topological polar surface area (TPSA) is 99.3 Å². The number of carbonyl (C=O) groups is 3. The molecule has 4 aromatic carbocycles. The molecule has 0 aliphatic carbocycles. The molecule has 0 atom stereocenters. The predicted octanol–water partition coefficient (Wildman–Crippen LogP) is 9.86. The highest BCUT2D eigenvalue weighted by atomic mass is 32.1. The maximum absolute atomic E-state index is 14.1. The summed E-state index contributed by atoms with van der Waals surface area (Å²) < 4.78 is 2.23. The molecule has 254 valence electrons. The van der Waals surface area contributed by atoms with E-state index in [0.717, 1.165) is 48.0 Å². The minimum atomic E-state index is -0.484. The summed E-state index contributed by atoms with van der Waals surface area (Å²) >= 11 is 1.56. The van der Waals surface area contributed by atoms with Gasteiger partial charge in [0, 0.05) is 46.7 Å². The van der Waals surface area contributed by atoms with Crippen LogP contribution in [0.15, 0.2) is 101 Å². The minimum absolute atomic E-state index is 0.0592. The number of hydrogen-bond acceptors (Lipinski definition) is 8. The van der Waals surface area contributed by atoms with Crippen LogP contribution in [-0.4, -0.2) is 33.7 Å². The first-order valence-corrected chi connectivity index (χ1v) is 17.5. The normalized spacial score (nSPS) is 12.4. The van der Waals surface area contributed by atoms with Gasteiger partial charge in [0.25, 0.3) is 0 Å². The quantitative estimate of drug-likeness (QED) is 0.0585. The molecule has 0 radical (unpaired) electrons. The summed E-state index contributed by atoms with van der Waals surface area (Å²) in [6.07, 6.45) is 1.24. The third kappa shape index (κ3) is 7.14. The highest BCUT2D eigenvalue weighted by molar-refractivity contribution is 7.16. The average molecular weight is 686 g/mol. The molecule has 0 saturated carbocycles. The molecular formula is C41H39N3O5S. The molecule has 0 aliphatic heterocycles. The van der Waals surface area contributed by atoms with Crippen molar-refractivity contribution < 1.29 is 24.1 Å². The van der Waals surface area contributed by atoms with Gasteiger partial charge in [-0.25, -0.2) is 9.59 Å². The number of carbonyl (C=O) groups excluding carboxylic acids is 3. The van der Waals surface area contributed by atoms with Gasteiger partial charge in [0.2, 0.25) is 0 Å². The van der Waals surface area contributed by atoms with Crippen LogP contribution in [0.5, 0.6) is 0 Å². The average Bonchev–Trinajstić information content (AvgIpc) is 3.70. The predicted molar refractivity (Wildman–Crippen MR) is 202 cm³/mol. The van der Waals surface area contributed by atoms with Crippen molar-refractivity contribution in [3.05, 3.63) is 113 Å². The van der Waals surface area contributed by atoms with Gasteiger partial charge in [-0.05, 0) is 60.4 Å². The van der Waals surface area contributed by atoms with Crippen molar-refractivity contribution in [2.75, 3.05) is 0 Å². The number of ketones is 1. The SMILES string of the molecule is CC(=O)O/N=C(\CC(C)C)c1ccc2c(c1)c1cc(C(=O)c3ccccc3)c3ccccc3c1n2-c1ccc(/C(CC(C)C)=N/OC(C)=O)s1. The zero-order valence-corrected chi connectivity index (χ0v) is 29.8. The van der Waals surface area contributed by atoms with Gasteiger partial charge in [-0.3, -0.25) is 9.36 Å². The third-order valence-corrected chi connectivity index (χ3v) is 9.37. The summed E-state index contributed by atoms with van der Waals surface area (Å²) in [5, 5.41) is 13.0. The first-order valence-electron chi connectivity index (χ1n) is 16.7. The number of benzene rings is 4. The first kappa shape index (κ1) is 34.5. The lowest BCUT2D eigenvalue weighted by Gasteiger charge is -2.11. The molecular weight excluding hydrogens is 647 g/mol. The summed E-state index contributed by atoms with van der Waals surface area (Å²) in [5.74, 6) is -0.459. The van der Waals surface area contributed by atoms with Crippen LogP contribution < -0.4 is 0 Å². The Kier molecular flexibility index (Phi) is 10.1. The molecule has 0 spiro atoms. The van der Waals surface area contributed by atoms with Gasteiger partial charge in [-0.15, -0.1) is 11.3 Å². The second-order valence-electron chi connectivity index (χ2n) is 13.2. The Balaban J connectivity index is 1.66. The van der Waals surface area contributed by atoms with Crippen LogP contribution in [0, 0.1) is 11.8 Å². The summed E-state index contributed by atoms with van der Waals surface area (Å²) in [4.78, 5) is 48.7. The Labute approximate surface area is 295 Å². The largest absolute Gasteiger partial charge is 0.331 e. The van der Waals surface area contributed by atoms with E-state index in [4.69, 9.17) is 9.68 Å². The van der Waals surface area contributed by atoms with Gasteiger partial charge in [0.15, 0.2) is 5.78 Å². The number of aromatic nitrogens is 1. The van der Waals surface area contributed by atoms with Crippen molar-refractivity contribution in [3.8, 4) is 5.00 Å². The molecule has 0 amide bonds. The van der Waals surface area contributed by atoms with E-state index in [-0.39, 0.29) is 11.7 Å². The molecule has 6 aromatic rings. The monoisotopic (exact) mass is 685 g/mol. The molecule has 8 nitrogen and oxygen atoms in total. The summed E-state index contributed by atoms with van der Waals surface area (Å²) in [6, 6.07) is 29.5. The standard InChI is InChI=1S/C41H39N3O5S/c1-24(2)20-35(42-48-26(5)45)29-16-17-37-32(22-29)33-23-34(41(47)28-12-8-7-9-13-28)30-14-10-11-15-31(30)40(33)44(37)39-19-18-38(50-39)36(21-25(3)4)43-49-27(6)46/h7-19,22-25H,20-21H2,1-6H3/b42-35+,43-36+. The molecule has 0 unspecified atom stereocenters. The van der Waals surface area contributed by atoms with E-state index in [2.05, 4.69) is 66.8 Å². The van der Waals surface area contributed by atoms with Crippen molar-refractivity contribution >= 4 is 73.1 Å². The fourth-order valence-electron chi connectivity index (χ4n) is 6.22. The Morgan fingerprint density at radius 1 is 0.660 bits per heavy atom. The van der Waals surface area contributed by atoms with Gasteiger partial charge in [-0.2, -0.15) is 0 Å². The zero-order chi connectivity index (χ0) is 35.5. The van der Waals surface area contributed by atoms with Gasteiger partial charge >= 0.3 is 11.9 Å². The number of rotatable bonds is 11. The van der Waals surface area contributed by atoms with Crippen molar-refractivity contribution in [2.24, 2.45) is 22.1 Å². The van der Waals surface area contributed by atoms with Crippen LogP contribution in [0.1, 0.15) is 80.7 Å². The van der Waals surface area contributed by atoms with Crippen molar-refractivity contribution in [1.82, 2.24) is 4.57 Å². The van der Waals surface area contributed by atoms with Crippen LogP contribution in [0.3, 0.4) is 0 Å². The van der Waals surface area contributed by atoms with Gasteiger partial charge in [0.1, 0.15) is 5.00 Å². The smallest absolute Gasteiger partial charge is 0.318 e. The lowest BCUT2D eigenvalue weighted by molar-refractivity contribution is -0.141. The number of thiophene rings is 1.